The molecular formula is C15H14Cl2N2O2. The largest absolute Gasteiger partial charge is 0.478 e. The standard InChI is InChI=1S/C15H14Cl2N2O2/c1-10(21-12-7-8-13(16)19-14(12)17)15(20)18-9-11-5-3-2-4-6-11/h2-8,10H,9H2,1H3,(H,18,20). The molecule has 1 N–H and O–H groups in total. The van der Waals surface area contributed by atoms with Crippen LogP contribution in [0.4, 0.5) is 0 Å². The molecule has 1 atom stereocenters. The number of nitrogens with zero attached hydrogens (tertiary/aromatic N) is 1. The van der Waals surface area contributed by atoms with Crippen molar-refractivity contribution in [3.8, 4) is 5.75 Å². The van der Waals surface area contributed by atoms with Crippen molar-refractivity contribution in [3.63, 3.8) is 0 Å². The number of hydrogen-bond acceptors (Lipinski definition) is 3. The maximum absolute atomic E-state index is 12.0. The molecule has 0 fully saturated rings. The Labute approximate surface area is 133 Å². The molecule has 21 heavy (non-hydrogen) atoms. The van der Waals surface area contributed by atoms with E-state index in [9.17, 15) is 4.79 Å². The summed E-state index contributed by atoms with van der Waals surface area (Å²) in [5.41, 5.74) is 1.02. The summed E-state index contributed by atoms with van der Waals surface area (Å²) in [7, 11) is 0. The third-order valence-electron chi connectivity index (χ3n) is 2.76. The van der Waals surface area contributed by atoms with Crippen LogP contribution in [0.5, 0.6) is 5.75 Å². The minimum absolute atomic E-state index is 0.130. The van der Waals surface area contributed by atoms with E-state index < -0.39 is 6.10 Å². The number of hydrogen-bond donors (Lipinski definition) is 1. The Morgan fingerprint density at radius 3 is 2.62 bits per heavy atom. The molecule has 1 heterocycles. The summed E-state index contributed by atoms with van der Waals surface area (Å²) in [5, 5.41) is 3.20. The molecule has 0 spiro atoms. The fourth-order valence-corrected chi connectivity index (χ4v) is 2.05. The monoisotopic (exact) mass is 324 g/mol. The topological polar surface area (TPSA) is 51.2 Å². The van der Waals surface area contributed by atoms with Crippen molar-refractivity contribution in [1.29, 1.82) is 0 Å². The molecule has 1 aromatic carbocycles. The lowest BCUT2D eigenvalue weighted by Gasteiger charge is -2.15. The van der Waals surface area contributed by atoms with Gasteiger partial charge in [0, 0.05) is 6.54 Å². The zero-order valence-electron chi connectivity index (χ0n) is 11.3. The van der Waals surface area contributed by atoms with Gasteiger partial charge in [-0.15, -0.1) is 0 Å². The summed E-state index contributed by atoms with van der Waals surface area (Å²) >= 11 is 11.6. The molecule has 1 aromatic heterocycles. The van der Waals surface area contributed by atoms with E-state index in [0.29, 0.717) is 12.3 Å². The van der Waals surface area contributed by atoms with Crippen LogP contribution in [0, 0.1) is 0 Å². The van der Waals surface area contributed by atoms with E-state index in [-0.39, 0.29) is 16.2 Å². The lowest BCUT2D eigenvalue weighted by Crippen LogP contribution is -2.35. The Bertz CT molecular complexity index is 620. The van der Waals surface area contributed by atoms with Crippen molar-refractivity contribution < 1.29 is 9.53 Å². The second-order valence-electron chi connectivity index (χ2n) is 4.39. The van der Waals surface area contributed by atoms with Crippen molar-refractivity contribution in [2.24, 2.45) is 0 Å². The number of halogens is 2. The third-order valence-corrected chi connectivity index (χ3v) is 3.24. The maximum atomic E-state index is 12.0. The predicted molar refractivity (Wildman–Crippen MR) is 82.6 cm³/mol. The minimum atomic E-state index is -0.686. The van der Waals surface area contributed by atoms with E-state index in [0.717, 1.165) is 5.56 Å². The number of rotatable bonds is 5. The highest BCUT2D eigenvalue weighted by Crippen LogP contribution is 2.24. The first-order chi connectivity index (χ1) is 10.1. The van der Waals surface area contributed by atoms with Crippen molar-refractivity contribution in [3.05, 3.63) is 58.3 Å². The molecule has 0 bridgehead atoms. The van der Waals surface area contributed by atoms with Gasteiger partial charge in [0.05, 0.1) is 0 Å². The van der Waals surface area contributed by atoms with Crippen LogP contribution in [0.15, 0.2) is 42.5 Å². The minimum Gasteiger partial charge on any atom is -0.478 e. The smallest absolute Gasteiger partial charge is 0.261 e. The van der Waals surface area contributed by atoms with Crippen LogP contribution in [-0.2, 0) is 11.3 Å². The quantitative estimate of drug-likeness (QED) is 0.857. The number of carbonyl (C=O) groups excluding carboxylic acids is 1. The molecule has 0 aliphatic heterocycles. The van der Waals surface area contributed by atoms with E-state index in [4.69, 9.17) is 27.9 Å². The summed E-state index contributed by atoms with van der Waals surface area (Å²) in [5.74, 6) is 0.0910. The van der Waals surface area contributed by atoms with Gasteiger partial charge in [-0.2, -0.15) is 0 Å². The molecule has 6 heteroatoms. The highest BCUT2D eigenvalue weighted by molar-refractivity contribution is 6.33. The van der Waals surface area contributed by atoms with Crippen LogP contribution in [0.3, 0.4) is 0 Å². The Morgan fingerprint density at radius 1 is 1.24 bits per heavy atom. The van der Waals surface area contributed by atoms with Crippen LogP contribution in [0.25, 0.3) is 0 Å². The fourth-order valence-electron chi connectivity index (χ4n) is 1.66. The van der Waals surface area contributed by atoms with Gasteiger partial charge in [0.1, 0.15) is 5.15 Å². The summed E-state index contributed by atoms with van der Waals surface area (Å²) < 4.78 is 5.49. The van der Waals surface area contributed by atoms with Gasteiger partial charge in [-0.05, 0) is 24.6 Å². The lowest BCUT2D eigenvalue weighted by molar-refractivity contribution is -0.127. The van der Waals surface area contributed by atoms with E-state index in [1.54, 1.807) is 19.1 Å². The molecule has 2 aromatic rings. The second-order valence-corrected chi connectivity index (χ2v) is 5.13. The predicted octanol–water partition coefficient (Wildman–Crippen LogP) is 3.47. The third kappa shape index (κ3) is 4.62. The van der Waals surface area contributed by atoms with Crippen LogP contribution in [0.2, 0.25) is 10.3 Å². The molecule has 1 unspecified atom stereocenters. The van der Waals surface area contributed by atoms with Crippen LogP contribution in [-0.4, -0.2) is 17.0 Å². The van der Waals surface area contributed by atoms with Gasteiger partial charge in [-0.25, -0.2) is 4.98 Å². The zero-order chi connectivity index (χ0) is 15.2. The number of benzene rings is 1. The van der Waals surface area contributed by atoms with Gasteiger partial charge in [0.15, 0.2) is 17.0 Å². The second kappa shape index (κ2) is 7.29. The van der Waals surface area contributed by atoms with Crippen LogP contribution >= 0.6 is 23.2 Å². The maximum Gasteiger partial charge on any atom is 0.261 e. The summed E-state index contributed by atoms with van der Waals surface area (Å²) in [6.07, 6.45) is -0.686. The molecule has 1 amide bonds. The van der Waals surface area contributed by atoms with E-state index >= 15 is 0 Å². The molecule has 0 saturated heterocycles. The van der Waals surface area contributed by atoms with E-state index in [2.05, 4.69) is 10.3 Å². The Kier molecular flexibility index (Phi) is 5.42. The van der Waals surface area contributed by atoms with E-state index in [1.165, 1.54) is 0 Å². The molecule has 0 radical (unpaired) electrons. The first kappa shape index (κ1) is 15.6. The number of nitrogens with one attached hydrogen (secondary N) is 1. The average Bonchev–Trinajstić information content (AvgIpc) is 2.48. The number of pyridine rings is 1. The summed E-state index contributed by atoms with van der Waals surface area (Å²) in [4.78, 5) is 15.8. The number of ether oxygens (including phenoxy) is 1. The number of aromatic nitrogens is 1. The molecule has 0 aliphatic carbocycles. The van der Waals surface area contributed by atoms with Crippen molar-refractivity contribution in [2.45, 2.75) is 19.6 Å². The highest BCUT2D eigenvalue weighted by atomic mass is 35.5. The first-order valence-electron chi connectivity index (χ1n) is 6.36. The molecule has 110 valence electrons. The lowest BCUT2D eigenvalue weighted by atomic mass is 10.2. The van der Waals surface area contributed by atoms with Crippen molar-refractivity contribution in [1.82, 2.24) is 10.3 Å². The molecular weight excluding hydrogens is 311 g/mol. The van der Waals surface area contributed by atoms with Crippen LogP contribution < -0.4 is 10.1 Å². The molecule has 2 rings (SSSR count). The van der Waals surface area contributed by atoms with Gasteiger partial charge in [0.25, 0.3) is 5.91 Å². The Morgan fingerprint density at radius 2 is 1.95 bits per heavy atom. The van der Waals surface area contributed by atoms with Gasteiger partial charge in [-0.3, -0.25) is 4.79 Å². The van der Waals surface area contributed by atoms with Gasteiger partial charge < -0.3 is 10.1 Å². The fraction of sp³-hybridized carbons (Fsp3) is 0.200. The van der Waals surface area contributed by atoms with E-state index in [1.807, 2.05) is 30.3 Å². The summed E-state index contributed by atoms with van der Waals surface area (Å²) in [6.45, 7) is 2.09. The van der Waals surface area contributed by atoms with Crippen LogP contribution in [0.1, 0.15) is 12.5 Å². The van der Waals surface area contributed by atoms with Gasteiger partial charge in [-0.1, -0.05) is 53.5 Å². The van der Waals surface area contributed by atoms with Crippen molar-refractivity contribution in [2.75, 3.05) is 0 Å². The Balaban J connectivity index is 1.90. The normalized spacial score (nSPS) is 11.8. The van der Waals surface area contributed by atoms with Gasteiger partial charge >= 0.3 is 0 Å². The highest BCUT2D eigenvalue weighted by Gasteiger charge is 2.16. The molecule has 4 nitrogen and oxygen atoms in total. The van der Waals surface area contributed by atoms with Crippen molar-refractivity contribution >= 4 is 29.1 Å². The molecule has 0 aliphatic rings. The summed E-state index contributed by atoms with van der Waals surface area (Å²) in [6, 6.07) is 12.8. The first-order valence-corrected chi connectivity index (χ1v) is 7.12. The average molecular weight is 325 g/mol. The number of amides is 1. The SMILES string of the molecule is CC(Oc1ccc(Cl)nc1Cl)C(=O)NCc1ccccc1. The Hall–Kier alpha value is -1.78. The zero-order valence-corrected chi connectivity index (χ0v) is 12.9. The van der Waals surface area contributed by atoms with Gasteiger partial charge in [0.2, 0.25) is 0 Å². The molecule has 0 saturated carbocycles. The number of carbonyl (C=O) groups is 1.